The Labute approximate surface area is 74.9 Å². The molecule has 0 aromatic heterocycles. The highest BCUT2D eigenvalue weighted by Gasteiger charge is 2.32. The maximum atomic E-state index is 11.9. The molecule has 0 atom stereocenters. The average Bonchev–Trinajstić information content (AvgIpc) is 2.02. The van der Waals surface area contributed by atoms with E-state index < -0.39 is 6.36 Å². The minimum absolute atomic E-state index is 0.0671. The van der Waals surface area contributed by atoms with Gasteiger partial charge in [-0.05, 0) is 18.4 Å². The predicted molar refractivity (Wildman–Crippen MR) is 42.8 cm³/mol. The third kappa shape index (κ3) is 3.13. The van der Waals surface area contributed by atoms with Crippen LogP contribution in [0.2, 0.25) is 0 Å². The summed E-state index contributed by atoms with van der Waals surface area (Å²) in [6.45, 7) is 1.81. The second-order valence-electron chi connectivity index (χ2n) is 2.79. The monoisotopic (exact) mass is 192 g/mol. The van der Waals surface area contributed by atoms with Gasteiger partial charge in [0, 0.05) is 6.42 Å². The number of ether oxygens (including phenoxy) is 1. The van der Waals surface area contributed by atoms with Crippen LogP contribution in [0, 0.1) is 0 Å². The van der Waals surface area contributed by atoms with Crippen LogP contribution in [0.1, 0.15) is 26.2 Å². The fourth-order valence-electron chi connectivity index (χ4n) is 1.26. The molecule has 0 fully saturated rings. The Balaban J connectivity index is 2.75. The van der Waals surface area contributed by atoms with Crippen LogP contribution in [0.5, 0.6) is 0 Å². The van der Waals surface area contributed by atoms with Crippen molar-refractivity contribution in [2.45, 2.75) is 32.5 Å². The van der Waals surface area contributed by atoms with E-state index in [1.165, 1.54) is 0 Å². The summed E-state index contributed by atoms with van der Waals surface area (Å²) in [6, 6.07) is 0. The molecular weight excluding hydrogens is 181 g/mol. The topological polar surface area (TPSA) is 9.23 Å². The Bertz CT molecular complexity index is 238. The standard InChI is InChI=1S/C9H11F3O/c1-2-7-5-3-4-6-8(7)13-9(10,11)12/h3,5H,2,4,6H2,1H3. The molecule has 0 aromatic carbocycles. The van der Waals surface area contributed by atoms with Gasteiger partial charge in [-0.2, -0.15) is 0 Å². The zero-order valence-corrected chi connectivity index (χ0v) is 7.32. The number of hydrogen-bond acceptors (Lipinski definition) is 1. The van der Waals surface area contributed by atoms with Gasteiger partial charge in [-0.3, -0.25) is 0 Å². The molecule has 0 heterocycles. The van der Waals surface area contributed by atoms with Crippen LogP contribution < -0.4 is 0 Å². The quantitative estimate of drug-likeness (QED) is 0.650. The number of allylic oxidation sites excluding steroid dienone is 4. The predicted octanol–water partition coefficient (Wildman–Crippen LogP) is 3.54. The van der Waals surface area contributed by atoms with Crippen LogP contribution in [0.15, 0.2) is 23.5 Å². The zero-order valence-electron chi connectivity index (χ0n) is 7.32. The van der Waals surface area contributed by atoms with Crippen LogP contribution in [0.3, 0.4) is 0 Å². The molecule has 13 heavy (non-hydrogen) atoms. The molecule has 0 aromatic rings. The maximum absolute atomic E-state index is 11.9. The molecular formula is C9H11F3O. The highest BCUT2D eigenvalue weighted by Crippen LogP contribution is 2.29. The molecule has 4 heteroatoms. The van der Waals surface area contributed by atoms with E-state index in [1.54, 1.807) is 6.08 Å². The van der Waals surface area contributed by atoms with E-state index in [1.807, 2.05) is 13.0 Å². The Morgan fingerprint density at radius 1 is 1.46 bits per heavy atom. The van der Waals surface area contributed by atoms with E-state index >= 15 is 0 Å². The summed E-state index contributed by atoms with van der Waals surface area (Å²) in [5.74, 6) is 0.0671. The third-order valence-corrected chi connectivity index (χ3v) is 1.84. The van der Waals surface area contributed by atoms with Crippen molar-refractivity contribution in [2.24, 2.45) is 0 Å². The molecule has 74 valence electrons. The van der Waals surface area contributed by atoms with E-state index in [0.717, 1.165) is 0 Å². The summed E-state index contributed by atoms with van der Waals surface area (Å²) >= 11 is 0. The Kier molecular flexibility index (Phi) is 3.01. The van der Waals surface area contributed by atoms with Gasteiger partial charge in [0.25, 0.3) is 0 Å². The molecule has 1 aliphatic rings. The lowest BCUT2D eigenvalue weighted by Crippen LogP contribution is -2.14. The van der Waals surface area contributed by atoms with Gasteiger partial charge >= 0.3 is 6.36 Å². The first-order valence-corrected chi connectivity index (χ1v) is 4.17. The molecule has 0 amide bonds. The van der Waals surface area contributed by atoms with Gasteiger partial charge in [0.15, 0.2) is 0 Å². The average molecular weight is 192 g/mol. The SMILES string of the molecule is CCC1=C(OC(F)(F)F)CCC=C1. The van der Waals surface area contributed by atoms with Crippen molar-refractivity contribution < 1.29 is 17.9 Å². The largest absolute Gasteiger partial charge is 0.572 e. The number of hydrogen-bond donors (Lipinski definition) is 0. The number of halogens is 3. The van der Waals surface area contributed by atoms with Crippen molar-refractivity contribution >= 4 is 0 Å². The lowest BCUT2D eigenvalue weighted by molar-refractivity contribution is -0.306. The molecule has 1 rings (SSSR count). The third-order valence-electron chi connectivity index (χ3n) is 1.84. The zero-order chi connectivity index (χ0) is 9.90. The maximum Gasteiger partial charge on any atom is 0.572 e. The molecule has 0 saturated carbocycles. The van der Waals surface area contributed by atoms with E-state index in [9.17, 15) is 13.2 Å². The summed E-state index contributed by atoms with van der Waals surface area (Å²) < 4.78 is 39.5. The molecule has 0 saturated heterocycles. The molecule has 0 bridgehead atoms. The molecule has 0 spiro atoms. The van der Waals surface area contributed by atoms with Crippen molar-refractivity contribution in [3.63, 3.8) is 0 Å². The lowest BCUT2D eigenvalue weighted by atomic mass is 10.0. The van der Waals surface area contributed by atoms with Crippen molar-refractivity contribution in [1.82, 2.24) is 0 Å². The van der Waals surface area contributed by atoms with Gasteiger partial charge < -0.3 is 4.74 Å². The summed E-state index contributed by atoms with van der Waals surface area (Å²) in [5.41, 5.74) is 0.642. The smallest absolute Gasteiger partial charge is 0.410 e. The fraction of sp³-hybridized carbons (Fsp3) is 0.556. The molecule has 1 nitrogen and oxygen atoms in total. The van der Waals surface area contributed by atoms with Crippen LogP contribution in [-0.4, -0.2) is 6.36 Å². The van der Waals surface area contributed by atoms with Crippen LogP contribution in [-0.2, 0) is 4.74 Å². The van der Waals surface area contributed by atoms with Crippen molar-refractivity contribution in [3.05, 3.63) is 23.5 Å². The Morgan fingerprint density at radius 3 is 2.69 bits per heavy atom. The van der Waals surface area contributed by atoms with Gasteiger partial charge in [0.1, 0.15) is 5.76 Å². The fourth-order valence-corrected chi connectivity index (χ4v) is 1.26. The summed E-state index contributed by atoms with van der Waals surface area (Å²) in [4.78, 5) is 0. The van der Waals surface area contributed by atoms with Gasteiger partial charge in [-0.25, -0.2) is 0 Å². The van der Waals surface area contributed by atoms with Gasteiger partial charge in [-0.15, -0.1) is 13.2 Å². The molecule has 0 aliphatic heterocycles. The molecule has 0 N–H and O–H groups in total. The van der Waals surface area contributed by atoms with Crippen LogP contribution >= 0.6 is 0 Å². The van der Waals surface area contributed by atoms with E-state index in [0.29, 0.717) is 24.8 Å². The first-order valence-electron chi connectivity index (χ1n) is 4.17. The van der Waals surface area contributed by atoms with Gasteiger partial charge in [0.2, 0.25) is 0 Å². The minimum atomic E-state index is -4.55. The first-order chi connectivity index (χ1) is 6.03. The van der Waals surface area contributed by atoms with Gasteiger partial charge in [0.05, 0.1) is 0 Å². The number of rotatable bonds is 2. The highest BCUT2D eigenvalue weighted by molar-refractivity contribution is 5.25. The summed E-state index contributed by atoms with van der Waals surface area (Å²) in [6.07, 6.45) is 0.545. The van der Waals surface area contributed by atoms with E-state index in [2.05, 4.69) is 4.74 Å². The van der Waals surface area contributed by atoms with Crippen molar-refractivity contribution in [1.29, 1.82) is 0 Å². The Morgan fingerprint density at radius 2 is 2.15 bits per heavy atom. The molecule has 0 radical (unpaired) electrons. The summed E-state index contributed by atoms with van der Waals surface area (Å²) in [7, 11) is 0. The molecule has 0 unspecified atom stereocenters. The normalized spacial score (nSPS) is 17.8. The first kappa shape index (κ1) is 10.2. The van der Waals surface area contributed by atoms with E-state index in [-0.39, 0.29) is 5.76 Å². The highest BCUT2D eigenvalue weighted by atomic mass is 19.4. The van der Waals surface area contributed by atoms with Crippen LogP contribution in [0.25, 0.3) is 0 Å². The van der Waals surface area contributed by atoms with Crippen molar-refractivity contribution in [2.75, 3.05) is 0 Å². The van der Waals surface area contributed by atoms with Crippen LogP contribution in [0.4, 0.5) is 13.2 Å². The van der Waals surface area contributed by atoms with Gasteiger partial charge in [-0.1, -0.05) is 19.1 Å². The lowest BCUT2D eigenvalue weighted by Gasteiger charge is -2.17. The Hall–Kier alpha value is -0.930. The van der Waals surface area contributed by atoms with E-state index in [4.69, 9.17) is 0 Å². The van der Waals surface area contributed by atoms with Crippen molar-refractivity contribution in [3.8, 4) is 0 Å². The molecule has 1 aliphatic carbocycles. The summed E-state index contributed by atoms with van der Waals surface area (Å²) in [5, 5.41) is 0. The second-order valence-corrected chi connectivity index (χ2v) is 2.79. The minimum Gasteiger partial charge on any atom is -0.410 e. The second kappa shape index (κ2) is 3.85. The number of alkyl halides is 3.